The number of nitrogens with zero attached hydrogens (tertiary/aromatic N) is 1. The van der Waals surface area contributed by atoms with Gasteiger partial charge in [0.15, 0.2) is 0 Å². The van der Waals surface area contributed by atoms with Crippen molar-refractivity contribution in [1.82, 2.24) is 5.32 Å². The summed E-state index contributed by atoms with van der Waals surface area (Å²) in [4.78, 5) is 24.6. The predicted octanol–water partition coefficient (Wildman–Crippen LogP) is 1.12. The summed E-state index contributed by atoms with van der Waals surface area (Å²) >= 11 is 6.01. The van der Waals surface area contributed by atoms with Crippen LogP contribution in [0, 0.1) is 6.92 Å². The molecule has 0 bridgehead atoms. The Morgan fingerprint density at radius 1 is 1.39 bits per heavy atom. The van der Waals surface area contributed by atoms with Gasteiger partial charge in [0.25, 0.3) is 0 Å². The molecule has 0 aliphatic carbocycles. The average molecular weight is 269 g/mol. The molecule has 1 aromatic rings. The zero-order valence-electron chi connectivity index (χ0n) is 10.1. The number of anilines is 1. The second-order valence-electron chi connectivity index (χ2n) is 4.03. The molecule has 6 heteroatoms. The lowest BCUT2D eigenvalue weighted by Gasteiger charge is -2.28. The van der Waals surface area contributed by atoms with Gasteiger partial charge in [0, 0.05) is 11.1 Å². The maximum absolute atomic E-state index is 11.8. The van der Waals surface area contributed by atoms with Crippen LogP contribution in [0.1, 0.15) is 5.56 Å². The number of amides is 2. The van der Waals surface area contributed by atoms with Crippen molar-refractivity contribution in [2.75, 3.05) is 25.1 Å². The number of aryl methyl sites for hydroxylation is 1. The number of benzene rings is 1. The van der Waals surface area contributed by atoms with Crippen LogP contribution in [-0.2, 0) is 9.59 Å². The summed E-state index contributed by atoms with van der Waals surface area (Å²) in [7, 11) is 1.50. The Morgan fingerprint density at radius 2 is 2.11 bits per heavy atom. The van der Waals surface area contributed by atoms with Crippen molar-refractivity contribution in [3.8, 4) is 5.75 Å². The zero-order valence-corrected chi connectivity index (χ0v) is 10.9. The van der Waals surface area contributed by atoms with E-state index in [1.54, 1.807) is 12.1 Å². The third-order valence-electron chi connectivity index (χ3n) is 2.79. The average Bonchev–Trinajstić information content (AvgIpc) is 2.35. The van der Waals surface area contributed by atoms with E-state index >= 15 is 0 Å². The minimum absolute atomic E-state index is 0.00363. The van der Waals surface area contributed by atoms with Gasteiger partial charge in [-0.25, -0.2) is 0 Å². The Balaban J connectivity index is 2.45. The van der Waals surface area contributed by atoms with Crippen LogP contribution in [0.3, 0.4) is 0 Å². The van der Waals surface area contributed by atoms with E-state index in [9.17, 15) is 9.59 Å². The number of nitrogens with one attached hydrogen (secondary N) is 1. The maximum Gasteiger partial charge on any atom is 0.246 e. The van der Waals surface area contributed by atoms with Gasteiger partial charge in [-0.1, -0.05) is 11.6 Å². The zero-order chi connectivity index (χ0) is 13.3. The molecular weight excluding hydrogens is 256 g/mol. The van der Waals surface area contributed by atoms with Gasteiger partial charge >= 0.3 is 0 Å². The second-order valence-corrected chi connectivity index (χ2v) is 4.44. The Bertz CT molecular complexity index is 516. The smallest absolute Gasteiger partial charge is 0.246 e. The largest absolute Gasteiger partial charge is 0.495 e. The van der Waals surface area contributed by atoms with E-state index < -0.39 is 0 Å². The lowest BCUT2D eigenvalue weighted by atomic mass is 10.1. The number of ether oxygens (including phenoxy) is 1. The van der Waals surface area contributed by atoms with Crippen molar-refractivity contribution in [2.45, 2.75) is 6.92 Å². The summed E-state index contributed by atoms with van der Waals surface area (Å²) in [6.45, 7) is 1.83. The lowest BCUT2D eigenvalue weighted by molar-refractivity contribution is -0.128. The molecule has 0 spiro atoms. The first kappa shape index (κ1) is 12.7. The molecule has 1 aliphatic heterocycles. The molecule has 1 aromatic carbocycles. The van der Waals surface area contributed by atoms with Crippen LogP contribution in [0.25, 0.3) is 0 Å². The quantitative estimate of drug-likeness (QED) is 0.874. The van der Waals surface area contributed by atoms with E-state index in [1.807, 2.05) is 6.92 Å². The predicted molar refractivity (Wildman–Crippen MR) is 68.1 cm³/mol. The number of rotatable bonds is 2. The summed E-state index contributed by atoms with van der Waals surface area (Å²) in [6, 6.07) is 3.39. The van der Waals surface area contributed by atoms with Gasteiger partial charge in [0.2, 0.25) is 11.8 Å². The fourth-order valence-corrected chi connectivity index (χ4v) is 1.95. The molecule has 1 aliphatic rings. The van der Waals surface area contributed by atoms with Crippen molar-refractivity contribution in [1.29, 1.82) is 0 Å². The van der Waals surface area contributed by atoms with Gasteiger partial charge in [0.1, 0.15) is 12.3 Å². The van der Waals surface area contributed by atoms with Crippen LogP contribution in [0.5, 0.6) is 5.75 Å². The highest BCUT2D eigenvalue weighted by Crippen LogP contribution is 2.34. The van der Waals surface area contributed by atoms with E-state index in [0.29, 0.717) is 16.5 Å². The highest BCUT2D eigenvalue weighted by atomic mass is 35.5. The van der Waals surface area contributed by atoms with Crippen LogP contribution in [-0.4, -0.2) is 32.0 Å². The Hall–Kier alpha value is -1.75. The molecule has 18 heavy (non-hydrogen) atoms. The standard InChI is InChI=1S/C12H13ClN2O3/c1-7-3-9(10(18-2)4-8(7)13)15-6-11(16)14-5-12(15)17/h3-4H,5-6H2,1-2H3,(H,14,16). The highest BCUT2D eigenvalue weighted by Gasteiger charge is 2.27. The van der Waals surface area contributed by atoms with E-state index in [0.717, 1.165) is 5.56 Å². The molecule has 2 amide bonds. The number of hydrogen-bond acceptors (Lipinski definition) is 3. The monoisotopic (exact) mass is 268 g/mol. The second kappa shape index (κ2) is 4.86. The van der Waals surface area contributed by atoms with Gasteiger partial charge in [-0.15, -0.1) is 0 Å². The van der Waals surface area contributed by atoms with E-state index in [1.165, 1.54) is 12.0 Å². The van der Waals surface area contributed by atoms with Crippen molar-refractivity contribution >= 4 is 29.1 Å². The Kier molecular flexibility index (Phi) is 3.43. The molecular formula is C12H13ClN2O3. The van der Waals surface area contributed by atoms with Crippen LogP contribution >= 0.6 is 11.6 Å². The van der Waals surface area contributed by atoms with Gasteiger partial charge in [-0.3, -0.25) is 14.5 Å². The fourth-order valence-electron chi connectivity index (χ4n) is 1.80. The molecule has 0 radical (unpaired) electrons. The summed E-state index contributed by atoms with van der Waals surface area (Å²) < 4.78 is 5.21. The van der Waals surface area contributed by atoms with Gasteiger partial charge in [0.05, 0.1) is 19.3 Å². The third kappa shape index (κ3) is 2.26. The minimum Gasteiger partial charge on any atom is -0.495 e. The lowest BCUT2D eigenvalue weighted by Crippen LogP contribution is -2.51. The van der Waals surface area contributed by atoms with Crippen LogP contribution in [0.4, 0.5) is 5.69 Å². The molecule has 0 aromatic heterocycles. The molecule has 1 saturated heterocycles. The fraction of sp³-hybridized carbons (Fsp3) is 0.333. The Labute approximate surface area is 110 Å². The van der Waals surface area contributed by atoms with Gasteiger partial charge in [-0.2, -0.15) is 0 Å². The number of carbonyl (C=O) groups excluding carboxylic acids is 2. The van der Waals surface area contributed by atoms with Crippen LogP contribution in [0.15, 0.2) is 12.1 Å². The van der Waals surface area contributed by atoms with Crippen LogP contribution in [0.2, 0.25) is 5.02 Å². The van der Waals surface area contributed by atoms with Crippen molar-refractivity contribution in [3.63, 3.8) is 0 Å². The molecule has 0 unspecified atom stereocenters. The summed E-state index contributed by atoms with van der Waals surface area (Å²) in [5, 5.41) is 3.06. The molecule has 0 atom stereocenters. The van der Waals surface area contributed by atoms with E-state index in [4.69, 9.17) is 16.3 Å². The number of carbonyl (C=O) groups is 2. The molecule has 5 nitrogen and oxygen atoms in total. The van der Waals surface area contributed by atoms with E-state index in [2.05, 4.69) is 5.32 Å². The summed E-state index contributed by atoms with van der Waals surface area (Å²) in [5.41, 5.74) is 1.39. The number of halogens is 1. The van der Waals surface area contributed by atoms with Crippen molar-refractivity contribution in [2.24, 2.45) is 0 Å². The first-order chi connectivity index (χ1) is 8.52. The van der Waals surface area contributed by atoms with Crippen molar-refractivity contribution in [3.05, 3.63) is 22.7 Å². The molecule has 96 valence electrons. The first-order valence-electron chi connectivity index (χ1n) is 5.44. The van der Waals surface area contributed by atoms with Crippen molar-refractivity contribution < 1.29 is 14.3 Å². The molecule has 2 rings (SSSR count). The molecule has 1 N–H and O–H groups in total. The number of hydrogen-bond donors (Lipinski definition) is 1. The number of methoxy groups -OCH3 is 1. The SMILES string of the molecule is COc1cc(Cl)c(C)cc1N1CC(=O)NCC1=O. The summed E-state index contributed by atoms with van der Waals surface area (Å²) in [5.74, 6) is 0.118. The molecule has 0 saturated carbocycles. The molecule has 1 heterocycles. The topological polar surface area (TPSA) is 58.6 Å². The first-order valence-corrected chi connectivity index (χ1v) is 5.82. The molecule has 1 fully saturated rings. The van der Waals surface area contributed by atoms with Crippen LogP contribution < -0.4 is 15.0 Å². The van der Waals surface area contributed by atoms with Gasteiger partial charge < -0.3 is 10.1 Å². The minimum atomic E-state index is -0.191. The third-order valence-corrected chi connectivity index (χ3v) is 3.20. The maximum atomic E-state index is 11.8. The number of piperazine rings is 1. The normalized spacial score (nSPS) is 15.6. The summed E-state index contributed by atoms with van der Waals surface area (Å²) in [6.07, 6.45) is 0. The Morgan fingerprint density at radius 3 is 2.78 bits per heavy atom. The van der Waals surface area contributed by atoms with Gasteiger partial charge in [-0.05, 0) is 18.6 Å². The van der Waals surface area contributed by atoms with E-state index in [-0.39, 0.29) is 24.9 Å². The highest BCUT2D eigenvalue weighted by molar-refractivity contribution is 6.31.